The minimum absolute atomic E-state index is 0.390. The van der Waals surface area contributed by atoms with Gasteiger partial charge in [0.2, 0.25) is 0 Å². The summed E-state index contributed by atoms with van der Waals surface area (Å²) in [4.78, 5) is 0. The van der Waals surface area contributed by atoms with Gasteiger partial charge >= 0.3 is 0 Å². The molecular weight excluding hydrogens is 362 g/mol. The molecule has 0 rings (SSSR count). The van der Waals surface area contributed by atoms with E-state index in [0.29, 0.717) is 9.04 Å². The number of halogens is 2. The zero-order chi connectivity index (χ0) is 7.28. The molecule has 0 aromatic heterocycles. The summed E-state index contributed by atoms with van der Waals surface area (Å²) < 4.78 is 1.73. The number of alkyl halides is 2. The minimum Gasteiger partial charge on any atom is -0.376 e. The predicted octanol–water partition coefficient (Wildman–Crippen LogP) is 1.06. The number of nitrogens with one attached hydrogen (secondary N) is 1. The van der Waals surface area contributed by atoms with Crippen LogP contribution in [0.25, 0.3) is 0 Å². The number of rotatable bonds is 3. The summed E-state index contributed by atoms with van der Waals surface area (Å²) in [5.41, 5.74) is 5.21. The second kappa shape index (κ2) is 5.90. The third-order valence-corrected chi connectivity index (χ3v) is 4.44. The molecule has 5 heteroatoms. The first-order chi connectivity index (χ1) is 4.16. The minimum atomic E-state index is 0.390. The van der Waals surface area contributed by atoms with Crippen LogP contribution in [0.15, 0.2) is 0 Å². The molecule has 0 aliphatic carbocycles. The van der Waals surface area contributed by atoms with E-state index in [4.69, 9.17) is 5.73 Å². The van der Waals surface area contributed by atoms with Crippen LogP contribution in [0.4, 0.5) is 0 Å². The van der Waals surface area contributed by atoms with Crippen molar-refractivity contribution in [2.45, 2.75) is 3.92 Å². The highest BCUT2D eigenvalue weighted by atomic mass is 127. The molecule has 0 bridgehead atoms. The summed E-state index contributed by atoms with van der Waals surface area (Å²) in [6.45, 7) is 0.874. The highest BCUT2D eigenvalue weighted by Gasteiger charge is 1.99. The van der Waals surface area contributed by atoms with Crippen molar-refractivity contribution in [3.05, 3.63) is 0 Å². The van der Waals surface area contributed by atoms with Crippen molar-refractivity contribution in [2.75, 3.05) is 11.0 Å². The first-order valence-electron chi connectivity index (χ1n) is 2.40. The Balaban J connectivity index is 3.16. The quantitative estimate of drug-likeness (QED) is 0.444. The monoisotopic (exact) mass is 370 g/mol. The molecule has 0 aromatic rings. The first-order valence-corrected chi connectivity index (χ1v) is 5.58. The van der Waals surface area contributed by atoms with Crippen LogP contribution in [-0.2, 0) is 0 Å². The van der Waals surface area contributed by atoms with Crippen molar-refractivity contribution >= 4 is 62.5 Å². The summed E-state index contributed by atoms with van der Waals surface area (Å²) in [7, 11) is 0. The van der Waals surface area contributed by atoms with Gasteiger partial charge in [-0.05, 0) is 12.2 Å². The molecule has 0 amide bonds. The van der Waals surface area contributed by atoms with E-state index in [-0.39, 0.29) is 0 Å². The predicted molar refractivity (Wildman–Crippen MR) is 61.5 cm³/mol. The molecule has 0 heterocycles. The lowest BCUT2D eigenvalue weighted by molar-refractivity contribution is 0.895. The topological polar surface area (TPSA) is 38.0 Å². The average Bonchev–Trinajstić information content (AvgIpc) is 1.83. The zero-order valence-electron chi connectivity index (χ0n) is 4.73. The van der Waals surface area contributed by atoms with Gasteiger partial charge in [-0.25, -0.2) is 0 Å². The fourth-order valence-electron chi connectivity index (χ4n) is 0.266. The molecule has 0 saturated carbocycles. The second-order valence-electron chi connectivity index (χ2n) is 1.50. The molecule has 1 unspecified atom stereocenters. The molecule has 3 N–H and O–H groups in total. The Morgan fingerprint density at radius 1 is 1.78 bits per heavy atom. The van der Waals surface area contributed by atoms with Crippen molar-refractivity contribution in [3.63, 3.8) is 0 Å². The average molecular weight is 370 g/mol. The Hall–Kier alpha value is 1.15. The second-order valence-corrected chi connectivity index (χ2v) is 4.58. The Morgan fingerprint density at radius 2 is 2.33 bits per heavy atom. The summed E-state index contributed by atoms with van der Waals surface area (Å²) in [5, 5.41) is 3.28. The maximum Gasteiger partial charge on any atom is 0.163 e. The molecule has 0 radical (unpaired) electrons. The standard InChI is InChI=1S/C4H8I2N2S/c5-1-3(6)2-8-4(7)9/h3H,1-2H2,(H3,7,8,9). The van der Waals surface area contributed by atoms with Gasteiger partial charge in [0.05, 0.1) is 0 Å². The van der Waals surface area contributed by atoms with Crippen molar-refractivity contribution in [3.8, 4) is 0 Å². The van der Waals surface area contributed by atoms with Crippen LogP contribution in [0.5, 0.6) is 0 Å². The molecule has 0 fully saturated rings. The van der Waals surface area contributed by atoms with Gasteiger partial charge in [0.1, 0.15) is 0 Å². The number of hydrogen-bond acceptors (Lipinski definition) is 1. The van der Waals surface area contributed by atoms with E-state index in [1.54, 1.807) is 0 Å². The van der Waals surface area contributed by atoms with Crippen LogP contribution in [0, 0.1) is 0 Å². The van der Waals surface area contributed by atoms with Gasteiger partial charge in [-0.2, -0.15) is 0 Å². The van der Waals surface area contributed by atoms with Gasteiger partial charge in [0.15, 0.2) is 5.11 Å². The maximum absolute atomic E-state index is 5.21. The molecule has 54 valence electrons. The molecule has 0 spiro atoms. The smallest absolute Gasteiger partial charge is 0.163 e. The van der Waals surface area contributed by atoms with Crippen molar-refractivity contribution in [2.24, 2.45) is 5.73 Å². The molecule has 9 heavy (non-hydrogen) atoms. The van der Waals surface area contributed by atoms with Gasteiger partial charge in [0, 0.05) is 14.9 Å². The van der Waals surface area contributed by atoms with E-state index >= 15 is 0 Å². The fourth-order valence-corrected chi connectivity index (χ4v) is 0.881. The van der Waals surface area contributed by atoms with E-state index in [0.717, 1.165) is 11.0 Å². The Kier molecular flexibility index (Phi) is 6.65. The molecule has 1 atom stereocenters. The maximum atomic E-state index is 5.21. The summed E-state index contributed by atoms with van der Waals surface area (Å²) in [5.74, 6) is 0. The lowest BCUT2D eigenvalue weighted by Crippen LogP contribution is -2.34. The number of thiocarbonyl (C=S) groups is 1. The molecule has 2 nitrogen and oxygen atoms in total. The van der Waals surface area contributed by atoms with Gasteiger partial charge < -0.3 is 11.1 Å². The van der Waals surface area contributed by atoms with E-state index in [2.05, 4.69) is 62.7 Å². The van der Waals surface area contributed by atoms with Crippen LogP contribution in [0.2, 0.25) is 0 Å². The van der Waals surface area contributed by atoms with Crippen LogP contribution < -0.4 is 11.1 Å². The number of nitrogens with two attached hydrogens (primary N) is 1. The van der Waals surface area contributed by atoms with Crippen molar-refractivity contribution in [1.29, 1.82) is 0 Å². The van der Waals surface area contributed by atoms with Crippen molar-refractivity contribution in [1.82, 2.24) is 5.32 Å². The third-order valence-electron chi connectivity index (χ3n) is 0.665. The molecule has 0 aromatic carbocycles. The van der Waals surface area contributed by atoms with Crippen molar-refractivity contribution < 1.29 is 0 Å². The molecule has 0 saturated heterocycles. The first kappa shape index (κ1) is 10.2. The van der Waals surface area contributed by atoms with Gasteiger partial charge in [-0.1, -0.05) is 45.2 Å². The van der Waals surface area contributed by atoms with E-state index in [1.807, 2.05) is 0 Å². The highest BCUT2D eigenvalue weighted by Crippen LogP contribution is 2.02. The molecule has 0 aliphatic heterocycles. The summed E-state index contributed by atoms with van der Waals surface area (Å²) in [6, 6.07) is 0. The Bertz CT molecular complexity index is 98.6. The SMILES string of the molecule is NC(=S)NCC(I)CI. The van der Waals surface area contributed by atoms with Crippen LogP contribution in [0.3, 0.4) is 0 Å². The largest absolute Gasteiger partial charge is 0.376 e. The van der Waals surface area contributed by atoms with E-state index in [1.165, 1.54) is 0 Å². The lowest BCUT2D eigenvalue weighted by atomic mass is 10.5. The van der Waals surface area contributed by atoms with E-state index in [9.17, 15) is 0 Å². The molecular formula is C4H8I2N2S. The van der Waals surface area contributed by atoms with E-state index < -0.39 is 0 Å². The number of hydrogen-bond donors (Lipinski definition) is 2. The van der Waals surface area contributed by atoms with Gasteiger partial charge in [0.25, 0.3) is 0 Å². The van der Waals surface area contributed by atoms with Gasteiger partial charge in [-0.3, -0.25) is 0 Å². The van der Waals surface area contributed by atoms with Crippen LogP contribution in [0.1, 0.15) is 0 Å². The third kappa shape index (κ3) is 7.04. The fraction of sp³-hybridized carbons (Fsp3) is 0.750. The Morgan fingerprint density at radius 3 is 2.67 bits per heavy atom. The highest BCUT2D eigenvalue weighted by molar-refractivity contribution is 14.1. The Labute approximate surface area is 87.6 Å². The zero-order valence-corrected chi connectivity index (χ0v) is 9.86. The van der Waals surface area contributed by atoms with Gasteiger partial charge in [-0.15, -0.1) is 0 Å². The van der Waals surface area contributed by atoms with Crippen LogP contribution in [-0.4, -0.2) is 20.0 Å². The lowest BCUT2D eigenvalue weighted by Gasteiger charge is -2.06. The summed E-state index contributed by atoms with van der Waals surface area (Å²) >= 11 is 9.30. The van der Waals surface area contributed by atoms with Crippen LogP contribution >= 0.6 is 57.4 Å². The summed E-state index contributed by atoms with van der Waals surface area (Å²) in [6.07, 6.45) is 0. The normalized spacial score (nSPS) is 12.7. The molecule has 0 aliphatic rings.